The molecule has 3 aromatic carbocycles. The molecule has 0 fully saturated rings. The lowest BCUT2D eigenvalue weighted by atomic mass is 10.1. The van der Waals surface area contributed by atoms with E-state index in [-0.39, 0.29) is 17.9 Å². The van der Waals surface area contributed by atoms with E-state index in [2.05, 4.69) is 10.5 Å². The minimum Gasteiger partial charge on any atom is -0.497 e. The molecule has 0 aliphatic heterocycles. The monoisotopic (exact) mass is 385 g/mol. The fraction of sp³-hybridized carbons (Fsp3) is 0.0870. The van der Waals surface area contributed by atoms with Crippen LogP contribution in [-0.2, 0) is 11.3 Å². The quantitative estimate of drug-likeness (QED) is 0.325. The zero-order valence-electron chi connectivity index (χ0n) is 15.8. The topological polar surface area (TPSA) is 72.7 Å². The van der Waals surface area contributed by atoms with Gasteiger partial charge >= 0.3 is 0 Å². The van der Waals surface area contributed by atoms with E-state index in [1.807, 2.05) is 65.2 Å². The van der Waals surface area contributed by atoms with Crippen molar-refractivity contribution in [3.05, 3.63) is 88.6 Å². The summed E-state index contributed by atoms with van der Waals surface area (Å²) < 4.78 is 6.96. The normalized spacial score (nSPS) is 11.2. The molecule has 0 bridgehead atoms. The number of benzene rings is 3. The number of pyridine rings is 1. The Morgan fingerprint density at radius 3 is 2.14 bits per heavy atom. The fourth-order valence-corrected chi connectivity index (χ4v) is 3.29. The van der Waals surface area contributed by atoms with Gasteiger partial charge in [0.05, 0.1) is 24.4 Å². The van der Waals surface area contributed by atoms with Crippen LogP contribution in [0.4, 0.5) is 0 Å². The Hall–Kier alpha value is -3.93. The van der Waals surface area contributed by atoms with Gasteiger partial charge in [0.15, 0.2) is 5.43 Å². The lowest BCUT2D eigenvalue weighted by molar-refractivity contribution is -0.121. The van der Waals surface area contributed by atoms with Crippen molar-refractivity contribution in [3.8, 4) is 5.75 Å². The van der Waals surface area contributed by atoms with Crippen molar-refractivity contribution in [2.45, 2.75) is 6.54 Å². The Morgan fingerprint density at radius 2 is 1.55 bits per heavy atom. The molecule has 1 heterocycles. The second-order valence-corrected chi connectivity index (χ2v) is 6.52. The van der Waals surface area contributed by atoms with E-state index in [9.17, 15) is 9.59 Å². The molecule has 144 valence electrons. The number of fused-ring (bicyclic) bond motifs is 2. The third-order valence-corrected chi connectivity index (χ3v) is 4.70. The molecule has 0 atom stereocenters. The maximum atomic E-state index is 12.8. The molecule has 0 saturated carbocycles. The number of methoxy groups -OCH3 is 1. The highest BCUT2D eigenvalue weighted by atomic mass is 16.5. The Bertz CT molecular complexity index is 1210. The van der Waals surface area contributed by atoms with Crippen molar-refractivity contribution in [3.63, 3.8) is 0 Å². The molecule has 4 aromatic rings. The standard InChI is InChI=1S/C23H19N3O3/c1-29-17-12-10-16(11-13-17)14-24-25-22(27)15-26-20-8-4-2-6-18(20)23(28)19-7-3-5-9-21(19)26/h2-14H,15H2,1H3,(H,25,27). The van der Waals surface area contributed by atoms with Gasteiger partial charge < -0.3 is 9.30 Å². The third-order valence-electron chi connectivity index (χ3n) is 4.70. The number of hydrogen-bond donors (Lipinski definition) is 1. The molecule has 0 unspecified atom stereocenters. The molecule has 0 aliphatic carbocycles. The fourth-order valence-electron chi connectivity index (χ4n) is 3.29. The number of ether oxygens (including phenoxy) is 1. The van der Waals surface area contributed by atoms with E-state index in [1.54, 1.807) is 25.5 Å². The summed E-state index contributed by atoms with van der Waals surface area (Å²) in [5.74, 6) is 0.469. The summed E-state index contributed by atoms with van der Waals surface area (Å²) >= 11 is 0. The number of hydrazone groups is 1. The second kappa shape index (κ2) is 7.98. The number of nitrogens with one attached hydrogen (secondary N) is 1. The lowest BCUT2D eigenvalue weighted by Crippen LogP contribution is -2.25. The SMILES string of the molecule is COc1ccc(C=NNC(=O)Cn2c3ccccc3c(=O)c3ccccc32)cc1. The predicted octanol–water partition coefficient (Wildman–Crippen LogP) is 3.31. The van der Waals surface area contributed by atoms with E-state index in [0.717, 1.165) is 11.3 Å². The van der Waals surface area contributed by atoms with Crippen molar-refractivity contribution >= 4 is 33.9 Å². The van der Waals surface area contributed by atoms with Gasteiger partial charge in [-0.15, -0.1) is 0 Å². The highest BCUT2D eigenvalue weighted by Crippen LogP contribution is 2.19. The maximum Gasteiger partial charge on any atom is 0.260 e. The van der Waals surface area contributed by atoms with Crippen LogP contribution in [0.5, 0.6) is 5.75 Å². The lowest BCUT2D eigenvalue weighted by Gasteiger charge is -2.14. The molecular weight excluding hydrogens is 366 g/mol. The maximum absolute atomic E-state index is 12.8. The molecule has 6 heteroatoms. The first-order chi connectivity index (χ1) is 14.2. The van der Waals surface area contributed by atoms with Crippen LogP contribution in [0.25, 0.3) is 21.8 Å². The first kappa shape index (κ1) is 18.4. The number of rotatable bonds is 5. The summed E-state index contributed by atoms with van der Waals surface area (Å²) in [6, 6.07) is 21.9. The Morgan fingerprint density at radius 1 is 0.966 bits per heavy atom. The van der Waals surface area contributed by atoms with Gasteiger partial charge in [-0.1, -0.05) is 24.3 Å². The van der Waals surface area contributed by atoms with Crippen molar-refractivity contribution in [1.29, 1.82) is 0 Å². The van der Waals surface area contributed by atoms with Crippen LogP contribution in [0.15, 0.2) is 82.7 Å². The minimum atomic E-state index is -0.284. The Balaban J connectivity index is 1.61. The molecule has 0 aliphatic rings. The molecule has 6 nitrogen and oxygen atoms in total. The van der Waals surface area contributed by atoms with Gasteiger partial charge in [-0.25, -0.2) is 5.43 Å². The summed E-state index contributed by atoms with van der Waals surface area (Å²) in [6.45, 7) is 0.0429. The summed E-state index contributed by atoms with van der Waals surface area (Å²) in [4.78, 5) is 25.3. The van der Waals surface area contributed by atoms with Crippen LogP contribution in [0.2, 0.25) is 0 Å². The summed E-state index contributed by atoms with van der Waals surface area (Å²) in [5, 5.41) is 5.20. The van der Waals surface area contributed by atoms with Crippen LogP contribution >= 0.6 is 0 Å². The minimum absolute atomic E-state index is 0.0367. The van der Waals surface area contributed by atoms with E-state index in [1.165, 1.54) is 0 Å². The molecule has 1 N–H and O–H groups in total. The Kier molecular flexibility index (Phi) is 5.07. The van der Waals surface area contributed by atoms with Crippen LogP contribution in [0, 0.1) is 0 Å². The largest absolute Gasteiger partial charge is 0.497 e. The molecule has 0 radical (unpaired) electrons. The zero-order chi connectivity index (χ0) is 20.2. The number of carbonyl (C=O) groups excluding carboxylic acids is 1. The van der Waals surface area contributed by atoms with Crippen molar-refractivity contribution in [2.24, 2.45) is 5.10 Å². The highest BCUT2D eigenvalue weighted by molar-refractivity contribution is 5.95. The average molecular weight is 385 g/mol. The molecule has 4 rings (SSSR count). The average Bonchev–Trinajstić information content (AvgIpc) is 2.77. The smallest absolute Gasteiger partial charge is 0.260 e. The predicted molar refractivity (Wildman–Crippen MR) is 114 cm³/mol. The van der Waals surface area contributed by atoms with Gasteiger partial charge in [-0.05, 0) is 54.1 Å². The number of carbonyl (C=O) groups is 1. The van der Waals surface area contributed by atoms with Gasteiger partial charge in [0.2, 0.25) is 0 Å². The number of hydrogen-bond acceptors (Lipinski definition) is 4. The number of aromatic nitrogens is 1. The van der Waals surface area contributed by atoms with Gasteiger partial charge in [-0.2, -0.15) is 5.10 Å². The zero-order valence-corrected chi connectivity index (χ0v) is 15.8. The van der Waals surface area contributed by atoms with Crippen LogP contribution < -0.4 is 15.6 Å². The number of nitrogens with zero attached hydrogens (tertiary/aromatic N) is 2. The molecule has 29 heavy (non-hydrogen) atoms. The van der Waals surface area contributed by atoms with Gasteiger partial charge in [0.25, 0.3) is 5.91 Å². The van der Waals surface area contributed by atoms with Gasteiger partial charge in [0.1, 0.15) is 12.3 Å². The van der Waals surface area contributed by atoms with Crippen molar-refractivity contribution in [2.75, 3.05) is 7.11 Å². The van der Waals surface area contributed by atoms with Crippen LogP contribution in [0.3, 0.4) is 0 Å². The van der Waals surface area contributed by atoms with Crippen molar-refractivity contribution < 1.29 is 9.53 Å². The van der Waals surface area contributed by atoms with E-state index in [4.69, 9.17) is 4.74 Å². The van der Waals surface area contributed by atoms with Crippen LogP contribution in [-0.4, -0.2) is 23.8 Å². The molecule has 1 aromatic heterocycles. The third kappa shape index (κ3) is 3.73. The first-order valence-electron chi connectivity index (χ1n) is 9.13. The first-order valence-corrected chi connectivity index (χ1v) is 9.13. The molecule has 0 saturated heterocycles. The summed E-state index contributed by atoms with van der Waals surface area (Å²) in [6.07, 6.45) is 1.57. The summed E-state index contributed by atoms with van der Waals surface area (Å²) in [7, 11) is 1.60. The van der Waals surface area contributed by atoms with Gasteiger partial charge in [-0.3, -0.25) is 9.59 Å². The van der Waals surface area contributed by atoms with Crippen LogP contribution in [0.1, 0.15) is 5.56 Å². The molecule has 0 spiro atoms. The van der Waals surface area contributed by atoms with Crippen molar-refractivity contribution in [1.82, 2.24) is 9.99 Å². The van der Waals surface area contributed by atoms with E-state index in [0.29, 0.717) is 21.8 Å². The van der Waals surface area contributed by atoms with E-state index < -0.39 is 0 Å². The number of amides is 1. The molecule has 1 amide bonds. The number of para-hydroxylation sites is 2. The second-order valence-electron chi connectivity index (χ2n) is 6.52. The van der Waals surface area contributed by atoms with E-state index >= 15 is 0 Å². The molecular formula is C23H19N3O3. The Labute approximate surface area is 167 Å². The van der Waals surface area contributed by atoms with Gasteiger partial charge in [0, 0.05) is 10.8 Å². The summed E-state index contributed by atoms with van der Waals surface area (Å²) in [5.41, 5.74) is 4.78. The highest BCUT2D eigenvalue weighted by Gasteiger charge is 2.12.